The molecule has 2 heterocycles. The molecule has 0 aliphatic rings. The van der Waals surface area contributed by atoms with Gasteiger partial charge >= 0.3 is 5.97 Å². The summed E-state index contributed by atoms with van der Waals surface area (Å²) in [6, 6.07) is 15.6. The third-order valence-electron chi connectivity index (χ3n) is 3.39. The monoisotopic (exact) mass is 337 g/mol. The van der Waals surface area contributed by atoms with Crippen LogP contribution >= 0.6 is 11.3 Å². The van der Waals surface area contributed by atoms with E-state index in [9.17, 15) is 4.79 Å². The van der Waals surface area contributed by atoms with E-state index >= 15 is 0 Å². The minimum atomic E-state index is -0.800. The average Bonchev–Trinajstić information content (AvgIpc) is 3.24. The number of thiophene rings is 1. The number of nitrogens with zero attached hydrogens (tertiary/aromatic N) is 3. The molecular weight excluding hydrogens is 322 g/mol. The number of hydrogen-bond donors (Lipinski definition) is 0. The Bertz CT molecular complexity index is 864. The smallest absolute Gasteiger partial charge is 0.343 e. The highest BCUT2D eigenvalue weighted by Gasteiger charge is 2.21. The second-order valence-electron chi connectivity index (χ2n) is 5.23. The summed E-state index contributed by atoms with van der Waals surface area (Å²) < 4.78 is 6.86. The molecule has 0 N–H and O–H groups in total. The number of hydrogen-bond acceptors (Lipinski definition) is 5. The first-order valence-electron chi connectivity index (χ1n) is 7.43. The predicted molar refractivity (Wildman–Crippen MR) is 91.6 cm³/mol. The third kappa shape index (κ3) is 3.53. The largest absolute Gasteiger partial charge is 0.444 e. The number of rotatable bonds is 5. The molecule has 1 aromatic carbocycles. The molecule has 0 aliphatic carbocycles. The van der Waals surface area contributed by atoms with Crippen molar-refractivity contribution in [3.05, 3.63) is 65.2 Å². The Morgan fingerprint density at radius 3 is 2.79 bits per heavy atom. The SMILES string of the molecule is C[C@@H](C#N)OC(=O)c1cn(Cc2ccccc2)nc1-c1cccs1. The van der Waals surface area contributed by atoms with Gasteiger partial charge in [0.2, 0.25) is 0 Å². The van der Waals surface area contributed by atoms with Gasteiger partial charge in [-0.2, -0.15) is 10.4 Å². The number of aromatic nitrogens is 2. The molecule has 0 amide bonds. The predicted octanol–water partition coefficient (Wildman–Crippen LogP) is 3.73. The molecule has 3 aromatic rings. The lowest BCUT2D eigenvalue weighted by atomic mass is 10.2. The zero-order chi connectivity index (χ0) is 16.9. The highest BCUT2D eigenvalue weighted by molar-refractivity contribution is 7.13. The summed E-state index contributed by atoms with van der Waals surface area (Å²) in [4.78, 5) is 13.3. The number of ether oxygens (including phenoxy) is 1. The summed E-state index contributed by atoms with van der Waals surface area (Å²) in [7, 11) is 0. The van der Waals surface area contributed by atoms with Crippen LogP contribution in [0.15, 0.2) is 54.0 Å². The molecular formula is C18H15N3O2S. The van der Waals surface area contributed by atoms with Crippen LogP contribution in [0.4, 0.5) is 0 Å². The molecule has 24 heavy (non-hydrogen) atoms. The lowest BCUT2D eigenvalue weighted by molar-refractivity contribution is 0.0436. The van der Waals surface area contributed by atoms with Gasteiger partial charge in [-0.15, -0.1) is 11.3 Å². The van der Waals surface area contributed by atoms with E-state index in [1.807, 2.05) is 53.9 Å². The Morgan fingerprint density at radius 1 is 1.33 bits per heavy atom. The normalized spacial score (nSPS) is 11.7. The summed E-state index contributed by atoms with van der Waals surface area (Å²) >= 11 is 1.50. The van der Waals surface area contributed by atoms with Gasteiger partial charge in [0, 0.05) is 6.20 Å². The average molecular weight is 337 g/mol. The highest BCUT2D eigenvalue weighted by atomic mass is 32.1. The van der Waals surface area contributed by atoms with E-state index in [1.54, 1.807) is 10.9 Å². The van der Waals surface area contributed by atoms with Crippen LogP contribution in [0.2, 0.25) is 0 Å². The van der Waals surface area contributed by atoms with Crippen molar-refractivity contribution >= 4 is 17.3 Å². The molecule has 6 heteroatoms. The number of nitriles is 1. The second kappa shape index (κ2) is 7.11. The van der Waals surface area contributed by atoms with Crippen LogP contribution in [-0.4, -0.2) is 21.9 Å². The lowest BCUT2D eigenvalue weighted by Crippen LogP contribution is -2.13. The van der Waals surface area contributed by atoms with Gasteiger partial charge in [-0.3, -0.25) is 4.68 Å². The Kier molecular flexibility index (Phi) is 4.73. The van der Waals surface area contributed by atoms with Crippen LogP contribution in [0.3, 0.4) is 0 Å². The van der Waals surface area contributed by atoms with Gasteiger partial charge in [0.15, 0.2) is 6.10 Å². The highest BCUT2D eigenvalue weighted by Crippen LogP contribution is 2.27. The molecule has 0 bridgehead atoms. The fourth-order valence-corrected chi connectivity index (χ4v) is 2.99. The summed E-state index contributed by atoms with van der Waals surface area (Å²) in [5.41, 5.74) is 2.04. The van der Waals surface area contributed by atoms with E-state index < -0.39 is 12.1 Å². The van der Waals surface area contributed by atoms with Crippen LogP contribution < -0.4 is 0 Å². The Labute approximate surface area is 143 Å². The number of carbonyl (C=O) groups excluding carboxylic acids is 1. The van der Waals surface area contributed by atoms with E-state index in [2.05, 4.69) is 5.10 Å². The van der Waals surface area contributed by atoms with Gasteiger partial charge < -0.3 is 4.74 Å². The first-order chi connectivity index (χ1) is 11.7. The quantitative estimate of drug-likeness (QED) is 0.665. The summed E-state index contributed by atoms with van der Waals surface area (Å²) in [5.74, 6) is -0.535. The third-order valence-corrected chi connectivity index (χ3v) is 4.27. The van der Waals surface area contributed by atoms with Gasteiger partial charge in [-0.25, -0.2) is 4.79 Å². The first-order valence-corrected chi connectivity index (χ1v) is 8.31. The van der Waals surface area contributed by atoms with Crippen LogP contribution in [0, 0.1) is 11.3 Å². The summed E-state index contributed by atoms with van der Waals surface area (Å²) in [6.07, 6.45) is 0.875. The topological polar surface area (TPSA) is 67.9 Å². The van der Waals surface area contributed by atoms with Crippen molar-refractivity contribution in [2.75, 3.05) is 0 Å². The zero-order valence-electron chi connectivity index (χ0n) is 13.0. The van der Waals surface area contributed by atoms with Gasteiger partial charge in [0.1, 0.15) is 17.3 Å². The minimum Gasteiger partial charge on any atom is -0.444 e. The van der Waals surface area contributed by atoms with E-state index in [4.69, 9.17) is 10.00 Å². The van der Waals surface area contributed by atoms with E-state index in [1.165, 1.54) is 18.3 Å². The van der Waals surface area contributed by atoms with Gasteiger partial charge in [-0.05, 0) is 23.9 Å². The van der Waals surface area contributed by atoms with Gasteiger partial charge in [-0.1, -0.05) is 36.4 Å². The molecule has 0 aliphatic heterocycles. The number of carbonyl (C=O) groups is 1. The lowest BCUT2D eigenvalue weighted by Gasteiger charge is -2.04. The van der Waals surface area contributed by atoms with Crippen molar-refractivity contribution in [2.24, 2.45) is 0 Å². The van der Waals surface area contributed by atoms with Crippen LogP contribution in [-0.2, 0) is 11.3 Å². The molecule has 0 fully saturated rings. The van der Waals surface area contributed by atoms with E-state index in [-0.39, 0.29) is 0 Å². The molecule has 0 radical (unpaired) electrons. The Morgan fingerprint density at radius 2 is 2.12 bits per heavy atom. The minimum absolute atomic E-state index is 0.371. The summed E-state index contributed by atoms with van der Waals surface area (Å²) in [6.45, 7) is 2.09. The van der Waals surface area contributed by atoms with Crippen molar-refractivity contribution in [3.63, 3.8) is 0 Å². The summed E-state index contributed by atoms with van der Waals surface area (Å²) in [5, 5.41) is 15.3. The van der Waals surface area contributed by atoms with E-state index in [0.29, 0.717) is 17.8 Å². The second-order valence-corrected chi connectivity index (χ2v) is 6.18. The maximum Gasteiger partial charge on any atom is 0.343 e. The fraction of sp³-hybridized carbons (Fsp3) is 0.167. The zero-order valence-corrected chi connectivity index (χ0v) is 13.9. The fourth-order valence-electron chi connectivity index (χ4n) is 2.27. The van der Waals surface area contributed by atoms with Gasteiger partial charge in [0.25, 0.3) is 0 Å². The molecule has 0 unspecified atom stereocenters. The number of benzene rings is 1. The van der Waals surface area contributed by atoms with Gasteiger partial charge in [0.05, 0.1) is 11.4 Å². The van der Waals surface area contributed by atoms with Crippen molar-refractivity contribution in [1.82, 2.24) is 9.78 Å². The van der Waals surface area contributed by atoms with Crippen molar-refractivity contribution in [1.29, 1.82) is 5.26 Å². The number of esters is 1. The maximum absolute atomic E-state index is 12.4. The first kappa shape index (κ1) is 16.0. The maximum atomic E-state index is 12.4. The van der Waals surface area contributed by atoms with Crippen molar-refractivity contribution in [2.45, 2.75) is 19.6 Å². The molecule has 2 aromatic heterocycles. The molecule has 0 saturated heterocycles. The molecule has 3 rings (SSSR count). The molecule has 0 spiro atoms. The van der Waals surface area contributed by atoms with Crippen LogP contribution in [0.25, 0.3) is 10.6 Å². The van der Waals surface area contributed by atoms with Crippen LogP contribution in [0.1, 0.15) is 22.8 Å². The molecule has 0 saturated carbocycles. The van der Waals surface area contributed by atoms with E-state index in [0.717, 1.165) is 10.4 Å². The molecule has 1 atom stereocenters. The Hall–Kier alpha value is -2.91. The Balaban J connectivity index is 1.94. The molecule has 120 valence electrons. The van der Waals surface area contributed by atoms with Crippen LogP contribution in [0.5, 0.6) is 0 Å². The molecule has 5 nitrogen and oxygen atoms in total. The van der Waals surface area contributed by atoms with Crippen molar-refractivity contribution in [3.8, 4) is 16.6 Å². The standard InChI is InChI=1S/C18H15N3O2S/c1-13(10-19)23-18(22)15-12-21(11-14-6-3-2-4-7-14)20-17(15)16-8-5-9-24-16/h2-9,12-13H,11H2,1H3/t13-/m0/s1. The van der Waals surface area contributed by atoms with Crippen molar-refractivity contribution < 1.29 is 9.53 Å².